The second-order valence-electron chi connectivity index (χ2n) is 1.94. The summed E-state index contributed by atoms with van der Waals surface area (Å²) in [6.45, 7) is 2.15. The molecule has 0 aliphatic carbocycles. The van der Waals surface area contributed by atoms with Gasteiger partial charge in [0.15, 0.2) is 0 Å². The zero-order chi connectivity index (χ0) is 9.40. The third-order valence-electron chi connectivity index (χ3n) is 1.05. The molecule has 4 nitrogen and oxygen atoms in total. The summed E-state index contributed by atoms with van der Waals surface area (Å²) >= 11 is 1.08. The number of thioether (sulfide) groups is 1. The van der Waals surface area contributed by atoms with Gasteiger partial charge in [0.1, 0.15) is 0 Å². The van der Waals surface area contributed by atoms with Crippen LogP contribution in [0.15, 0.2) is 0 Å². The summed E-state index contributed by atoms with van der Waals surface area (Å²) in [7, 11) is 1.56. The summed E-state index contributed by atoms with van der Waals surface area (Å²) in [6.07, 6.45) is 0.284. The number of nitrogens with one attached hydrogen (secondary N) is 1. The Balaban J connectivity index is 3.30. The minimum absolute atomic E-state index is 0.126. The zero-order valence-electron chi connectivity index (χ0n) is 7.25. The maximum absolute atomic E-state index is 10.7. The van der Waals surface area contributed by atoms with Crippen LogP contribution in [-0.4, -0.2) is 30.6 Å². The van der Waals surface area contributed by atoms with Crippen LogP contribution in [0.1, 0.15) is 13.3 Å². The van der Waals surface area contributed by atoms with Crippen molar-refractivity contribution in [2.45, 2.75) is 13.3 Å². The Hall–Kier alpha value is -0.710. The quantitative estimate of drug-likeness (QED) is 0.674. The summed E-state index contributed by atoms with van der Waals surface area (Å²) in [5, 5.41) is 2.32. The van der Waals surface area contributed by atoms with Gasteiger partial charge in [0, 0.05) is 12.8 Å². The van der Waals surface area contributed by atoms with Crippen LogP contribution in [0, 0.1) is 0 Å². The first-order valence-electron chi connectivity index (χ1n) is 3.70. The zero-order valence-corrected chi connectivity index (χ0v) is 8.07. The fourth-order valence-electron chi connectivity index (χ4n) is 0.532. The number of hydrogen-bond acceptors (Lipinski definition) is 4. The van der Waals surface area contributed by atoms with Gasteiger partial charge in [-0.2, -0.15) is 0 Å². The Labute approximate surface area is 76.0 Å². The van der Waals surface area contributed by atoms with Crippen molar-refractivity contribution in [3.63, 3.8) is 0 Å². The fraction of sp³-hybridized carbons (Fsp3) is 0.714. The molecule has 0 saturated carbocycles. The molecule has 0 aromatic heterocycles. The molecule has 0 rings (SSSR count). The Morgan fingerprint density at radius 2 is 2.17 bits per heavy atom. The predicted octanol–water partition coefficient (Wildman–Crippen LogP) is 1.01. The monoisotopic (exact) mass is 191 g/mol. The molecule has 0 aromatic rings. The van der Waals surface area contributed by atoms with Crippen molar-refractivity contribution in [3.05, 3.63) is 0 Å². The van der Waals surface area contributed by atoms with Crippen LogP contribution in [0.25, 0.3) is 0 Å². The van der Waals surface area contributed by atoms with Gasteiger partial charge in [-0.3, -0.25) is 9.59 Å². The van der Waals surface area contributed by atoms with Crippen LogP contribution >= 0.6 is 11.8 Å². The highest BCUT2D eigenvalue weighted by molar-refractivity contribution is 8.13. The molecule has 0 heterocycles. The fourth-order valence-corrected chi connectivity index (χ4v) is 1.13. The van der Waals surface area contributed by atoms with Crippen molar-refractivity contribution >= 4 is 23.0 Å². The second kappa shape index (κ2) is 6.97. The number of carbonyl (C=O) groups excluding carboxylic acids is 2. The van der Waals surface area contributed by atoms with E-state index in [0.29, 0.717) is 12.4 Å². The minimum atomic E-state index is -0.256. The van der Waals surface area contributed by atoms with Gasteiger partial charge in [-0.15, -0.1) is 0 Å². The average molecular weight is 191 g/mol. The van der Waals surface area contributed by atoms with E-state index in [1.165, 1.54) is 0 Å². The summed E-state index contributed by atoms with van der Waals surface area (Å²) < 4.78 is 4.67. The molecular formula is C7H13NO3S. The summed E-state index contributed by atoms with van der Waals surface area (Å²) in [6, 6.07) is 0. The second-order valence-corrected chi connectivity index (χ2v) is 3.01. The summed E-state index contributed by atoms with van der Waals surface area (Å²) in [5.41, 5.74) is 0. The van der Waals surface area contributed by atoms with E-state index in [0.717, 1.165) is 11.8 Å². The van der Waals surface area contributed by atoms with Crippen LogP contribution in [0.5, 0.6) is 0 Å². The molecule has 0 aliphatic heterocycles. The molecule has 0 aliphatic rings. The highest BCUT2D eigenvalue weighted by Gasteiger charge is 2.03. The number of rotatable bonds is 4. The van der Waals surface area contributed by atoms with E-state index < -0.39 is 0 Å². The highest BCUT2D eigenvalue weighted by Crippen LogP contribution is 2.03. The topological polar surface area (TPSA) is 55.4 Å². The first kappa shape index (κ1) is 11.3. The van der Waals surface area contributed by atoms with E-state index in [-0.39, 0.29) is 17.6 Å². The Kier molecular flexibility index (Phi) is 6.55. The molecule has 0 radical (unpaired) electrons. The highest BCUT2D eigenvalue weighted by atomic mass is 32.2. The maximum Gasteiger partial charge on any atom is 0.306 e. The van der Waals surface area contributed by atoms with Crippen LogP contribution in [0.2, 0.25) is 0 Å². The van der Waals surface area contributed by atoms with Crippen LogP contribution < -0.4 is 5.32 Å². The van der Waals surface area contributed by atoms with Gasteiger partial charge in [0.2, 0.25) is 0 Å². The first-order chi connectivity index (χ1) is 5.70. The molecule has 5 heteroatoms. The number of carbonyl (C=O) groups is 2. The van der Waals surface area contributed by atoms with E-state index in [1.807, 2.05) is 0 Å². The van der Waals surface area contributed by atoms with Gasteiger partial charge < -0.3 is 10.1 Å². The molecule has 0 aromatic carbocycles. The summed E-state index contributed by atoms with van der Waals surface area (Å²) in [5.74, 6) is 0.215. The lowest BCUT2D eigenvalue weighted by molar-refractivity contribution is -0.142. The molecule has 0 fully saturated rings. The predicted molar refractivity (Wildman–Crippen MR) is 48.2 cm³/mol. The van der Waals surface area contributed by atoms with E-state index in [4.69, 9.17) is 0 Å². The molecule has 0 atom stereocenters. The molecular weight excluding hydrogens is 178 g/mol. The molecule has 0 spiro atoms. The summed E-state index contributed by atoms with van der Waals surface area (Å²) in [4.78, 5) is 21.4. The number of hydrogen-bond donors (Lipinski definition) is 1. The number of amides is 1. The van der Waals surface area contributed by atoms with E-state index in [9.17, 15) is 9.59 Å². The van der Waals surface area contributed by atoms with Gasteiger partial charge in [-0.1, -0.05) is 11.8 Å². The lowest BCUT2D eigenvalue weighted by Gasteiger charge is -2.00. The smallest absolute Gasteiger partial charge is 0.306 e. The van der Waals surface area contributed by atoms with Crippen molar-refractivity contribution < 1.29 is 14.3 Å². The van der Waals surface area contributed by atoms with Crippen LogP contribution in [0.3, 0.4) is 0 Å². The van der Waals surface area contributed by atoms with E-state index in [1.54, 1.807) is 14.0 Å². The third-order valence-corrected chi connectivity index (χ3v) is 1.92. The van der Waals surface area contributed by atoms with E-state index in [2.05, 4.69) is 10.1 Å². The lowest BCUT2D eigenvalue weighted by atomic mass is 10.5. The van der Waals surface area contributed by atoms with Crippen molar-refractivity contribution in [1.82, 2.24) is 5.32 Å². The van der Waals surface area contributed by atoms with Crippen molar-refractivity contribution in [1.29, 1.82) is 0 Å². The Bertz CT molecular complexity index is 161. The molecule has 0 saturated heterocycles. The minimum Gasteiger partial charge on any atom is -0.466 e. The number of ether oxygens (including phenoxy) is 1. The van der Waals surface area contributed by atoms with E-state index >= 15 is 0 Å². The largest absolute Gasteiger partial charge is 0.466 e. The molecule has 0 bridgehead atoms. The SMILES string of the molecule is CCOC(=O)CCSC(=O)NC. The van der Waals surface area contributed by atoms with Crippen molar-refractivity contribution in [2.75, 3.05) is 19.4 Å². The Morgan fingerprint density at radius 3 is 2.67 bits per heavy atom. The van der Waals surface area contributed by atoms with Crippen LogP contribution in [-0.2, 0) is 9.53 Å². The van der Waals surface area contributed by atoms with Gasteiger partial charge in [0.25, 0.3) is 5.24 Å². The van der Waals surface area contributed by atoms with Gasteiger partial charge in [0.05, 0.1) is 13.0 Å². The van der Waals surface area contributed by atoms with Gasteiger partial charge in [-0.25, -0.2) is 0 Å². The first-order valence-corrected chi connectivity index (χ1v) is 4.69. The molecule has 12 heavy (non-hydrogen) atoms. The Morgan fingerprint density at radius 1 is 1.50 bits per heavy atom. The average Bonchev–Trinajstić information content (AvgIpc) is 2.04. The normalized spacial score (nSPS) is 9.17. The standard InChI is InChI=1S/C7H13NO3S/c1-3-11-6(9)4-5-12-7(10)8-2/h3-5H2,1-2H3,(H,8,10). The third kappa shape index (κ3) is 6.03. The molecule has 1 amide bonds. The lowest BCUT2D eigenvalue weighted by Crippen LogP contribution is -2.13. The van der Waals surface area contributed by atoms with Gasteiger partial charge >= 0.3 is 5.97 Å². The van der Waals surface area contributed by atoms with Gasteiger partial charge in [-0.05, 0) is 6.92 Å². The molecule has 0 unspecified atom stereocenters. The molecule has 70 valence electrons. The maximum atomic E-state index is 10.7. The number of esters is 1. The van der Waals surface area contributed by atoms with Crippen LogP contribution in [0.4, 0.5) is 4.79 Å². The van der Waals surface area contributed by atoms with Crippen molar-refractivity contribution in [3.8, 4) is 0 Å². The molecule has 1 N–H and O–H groups in total. The van der Waals surface area contributed by atoms with Crippen molar-refractivity contribution in [2.24, 2.45) is 0 Å².